The molecule has 0 atom stereocenters. The van der Waals surface area contributed by atoms with Gasteiger partial charge in [0.05, 0.1) is 0 Å². The third-order valence-electron chi connectivity index (χ3n) is 0.425. The summed E-state index contributed by atoms with van der Waals surface area (Å²) in [4.78, 5) is 8.81. The van der Waals surface area contributed by atoms with Crippen LogP contribution in [0.3, 0.4) is 0 Å². The van der Waals surface area contributed by atoms with Crippen molar-refractivity contribution in [3.63, 3.8) is 0 Å². The van der Waals surface area contributed by atoms with Gasteiger partial charge < -0.3 is 4.79 Å². The minimum Gasteiger partial charge on any atom is -0.304 e. The summed E-state index contributed by atoms with van der Waals surface area (Å²) in [5.41, 5.74) is 0. The first-order chi connectivity index (χ1) is 3.91. The van der Waals surface area contributed by atoms with Gasteiger partial charge in [-0.3, -0.25) is 0 Å². The standard InChI is InChI=1S/C4H4S.C2H4O.ClH/c1-2-4-5-3-1;1-2-3;/h1-4H;2H,1H3;1H. The summed E-state index contributed by atoms with van der Waals surface area (Å²) >= 11 is 1.71. The second-order valence-corrected chi connectivity index (χ2v) is 1.85. The Morgan fingerprint density at radius 3 is 1.78 bits per heavy atom. The zero-order valence-electron chi connectivity index (χ0n) is 5.11. The lowest BCUT2D eigenvalue weighted by Gasteiger charge is -1.39. The minimum atomic E-state index is 0. The maximum Gasteiger partial charge on any atom is 0.116 e. The van der Waals surface area contributed by atoms with Gasteiger partial charge in [0.1, 0.15) is 6.29 Å². The van der Waals surface area contributed by atoms with Crippen molar-refractivity contribution >= 4 is 30.0 Å². The topological polar surface area (TPSA) is 17.1 Å². The van der Waals surface area contributed by atoms with Crippen LogP contribution in [0.5, 0.6) is 0 Å². The molecule has 0 fully saturated rings. The lowest BCUT2D eigenvalue weighted by molar-refractivity contribution is -0.106. The van der Waals surface area contributed by atoms with E-state index in [0.717, 1.165) is 6.29 Å². The molecule has 1 aromatic heterocycles. The van der Waals surface area contributed by atoms with Gasteiger partial charge in [0, 0.05) is 0 Å². The Hall–Kier alpha value is -0.340. The predicted molar refractivity (Wildman–Crippen MR) is 43.3 cm³/mol. The molecule has 0 aromatic carbocycles. The number of hydrogen-bond donors (Lipinski definition) is 0. The van der Waals surface area contributed by atoms with Gasteiger partial charge in [-0.2, -0.15) is 11.3 Å². The Morgan fingerprint density at radius 1 is 1.33 bits per heavy atom. The van der Waals surface area contributed by atoms with Crippen LogP contribution in [-0.4, -0.2) is 6.29 Å². The molecular weight excluding hydrogens is 156 g/mol. The van der Waals surface area contributed by atoms with Crippen molar-refractivity contribution in [2.75, 3.05) is 0 Å². The van der Waals surface area contributed by atoms with E-state index in [0.29, 0.717) is 0 Å². The van der Waals surface area contributed by atoms with Crippen LogP contribution in [0.1, 0.15) is 6.92 Å². The third kappa shape index (κ3) is 11.3. The second-order valence-electron chi connectivity index (χ2n) is 1.03. The molecule has 0 bridgehead atoms. The maximum atomic E-state index is 8.81. The van der Waals surface area contributed by atoms with Gasteiger partial charge in [-0.1, -0.05) is 12.1 Å². The van der Waals surface area contributed by atoms with E-state index in [1.807, 2.05) is 22.9 Å². The zero-order valence-corrected chi connectivity index (χ0v) is 6.74. The van der Waals surface area contributed by atoms with Gasteiger partial charge in [0.25, 0.3) is 0 Å². The molecule has 0 radical (unpaired) electrons. The van der Waals surface area contributed by atoms with Crippen molar-refractivity contribution in [1.82, 2.24) is 0 Å². The highest BCUT2D eigenvalue weighted by molar-refractivity contribution is 7.07. The first-order valence-electron chi connectivity index (χ1n) is 2.28. The minimum absolute atomic E-state index is 0. The molecule has 0 saturated carbocycles. The molecular formula is C6H9ClOS. The molecule has 0 aliphatic carbocycles. The van der Waals surface area contributed by atoms with E-state index in [9.17, 15) is 0 Å². The fourth-order valence-corrected chi connectivity index (χ4v) is 0.680. The van der Waals surface area contributed by atoms with Crippen molar-refractivity contribution in [2.45, 2.75) is 6.92 Å². The Bertz CT molecular complexity index is 99.4. The van der Waals surface area contributed by atoms with Gasteiger partial charge in [-0.15, -0.1) is 12.4 Å². The smallest absolute Gasteiger partial charge is 0.116 e. The average molecular weight is 165 g/mol. The molecule has 52 valence electrons. The second kappa shape index (κ2) is 10.6. The first kappa shape index (κ1) is 11.5. The Balaban J connectivity index is 0. The van der Waals surface area contributed by atoms with Crippen LogP contribution in [0.2, 0.25) is 0 Å². The number of thiophene rings is 1. The van der Waals surface area contributed by atoms with Crippen LogP contribution >= 0.6 is 23.7 Å². The highest BCUT2D eigenvalue weighted by atomic mass is 35.5. The number of aldehydes is 1. The van der Waals surface area contributed by atoms with Crippen LogP contribution in [0.25, 0.3) is 0 Å². The number of rotatable bonds is 0. The van der Waals surface area contributed by atoms with Gasteiger partial charge in [0.2, 0.25) is 0 Å². The molecule has 0 amide bonds. The average Bonchev–Trinajstić information content (AvgIpc) is 2.17. The monoisotopic (exact) mass is 164 g/mol. The van der Waals surface area contributed by atoms with Crippen LogP contribution in [0.15, 0.2) is 22.9 Å². The molecule has 0 aliphatic heterocycles. The highest BCUT2D eigenvalue weighted by Crippen LogP contribution is 1.91. The molecule has 0 saturated heterocycles. The molecule has 9 heavy (non-hydrogen) atoms. The van der Waals surface area contributed by atoms with Crippen LogP contribution < -0.4 is 0 Å². The molecule has 1 heterocycles. The van der Waals surface area contributed by atoms with E-state index < -0.39 is 0 Å². The molecule has 0 N–H and O–H groups in total. The summed E-state index contributed by atoms with van der Waals surface area (Å²) in [6.07, 6.45) is 0.750. The Kier molecular flexibility index (Phi) is 13.5. The third-order valence-corrected chi connectivity index (χ3v) is 1.05. The molecule has 1 nitrogen and oxygen atoms in total. The van der Waals surface area contributed by atoms with Crippen molar-refractivity contribution in [3.05, 3.63) is 22.9 Å². The fraction of sp³-hybridized carbons (Fsp3) is 0.167. The number of halogens is 1. The summed E-state index contributed by atoms with van der Waals surface area (Å²) < 4.78 is 0. The molecule has 0 aliphatic rings. The zero-order chi connectivity index (χ0) is 6.24. The van der Waals surface area contributed by atoms with Gasteiger partial charge >= 0.3 is 0 Å². The summed E-state index contributed by atoms with van der Waals surface area (Å²) in [6, 6.07) is 4.04. The number of hydrogen-bond acceptors (Lipinski definition) is 2. The molecule has 1 rings (SSSR count). The first-order valence-corrected chi connectivity index (χ1v) is 3.23. The van der Waals surface area contributed by atoms with E-state index in [4.69, 9.17) is 4.79 Å². The summed E-state index contributed by atoms with van der Waals surface area (Å²) in [6.45, 7) is 1.44. The van der Waals surface area contributed by atoms with Gasteiger partial charge in [0.15, 0.2) is 0 Å². The quantitative estimate of drug-likeness (QED) is 0.539. The highest BCUT2D eigenvalue weighted by Gasteiger charge is 1.58. The van der Waals surface area contributed by atoms with E-state index in [1.54, 1.807) is 11.3 Å². The lowest BCUT2D eigenvalue weighted by Crippen LogP contribution is -1.36. The summed E-state index contributed by atoms with van der Waals surface area (Å²) in [7, 11) is 0. The number of carbonyl (C=O) groups excluding carboxylic acids is 1. The van der Waals surface area contributed by atoms with Crippen LogP contribution in [0, 0.1) is 0 Å². The molecule has 3 heteroatoms. The van der Waals surface area contributed by atoms with E-state index in [1.165, 1.54) is 6.92 Å². The SMILES string of the molecule is CC=O.Cl.c1ccsc1. The molecule has 0 unspecified atom stereocenters. The van der Waals surface area contributed by atoms with Crippen molar-refractivity contribution < 1.29 is 4.79 Å². The van der Waals surface area contributed by atoms with E-state index in [-0.39, 0.29) is 12.4 Å². The predicted octanol–water partition coefficient (Wildman–Crippen LogP) is 2.38. The summed E-state index contributed by atoms with van der Waals surface area (Å²) in [5, 5.41) is 4.08. The van der Waals surface area contributed by atoms with E-state index in [2.05, 4.69) is 0 Å². The molecule has 1 aromatic rings. The van der Waals surface area contributed by atoms with Crippen molar-refractivity contribution in [3.8, 4) is 0 Å². The van der Waals surface area contributed by atoms with Crippen LogP contribution in [0.4, 0.5) is 0 Å². The fourth-order valence-electron chi connectivity index (χ4n) is 0.227. The van der Waals surface area contributed by atoms with Crippen molar-refractivity contribution in [2.24, 2.45) is 0 Å². The Morgan fingerprint density at radius 2 is 1.67 bits per heavy atom. The van der Waals surface area contributed by atoms with E-state index >= 15 is 0 Å². The Labute approximate surface area is 65.1 Å². The van der Waals surface area contributed by atoms with Crippen LogP contribution in [-0.2, 0) is 4.79 Å². The maximum absolute atomic E-state index is 8.81. The summed E-state index contributed by atoms with van der Waals surface area (Å²) in [5.74, 6) is 0. The van der Waals surface area contributed by atoms with Gasteiger partial charge in [-0.25, -0.2) is 0 Å². The molecule has 0 spiro atoms. The normalized spacial score (nSPS) is 5.89. The van der Waals surface area contributed by atoms with Gasteiger partial charge in [-0.05, 0) is 17.7 Å². The number of carbonyl (C=O) groups is 1. The van der Waals surface area contributed by atoms with Crippen molar-refractivity contribution in [1.29, 1.82) is 0 Å². The largest absolute Gasteiger partial charge is 0.304 e. The lowest BCUT2D eigenvalue weighted by atomic mass is 10.7.